The zero-order chi connectivity index (χ0) is 16.2. The summed E-state index contributed by atoms with van der Waals surface area (Å²) in [5.74, 6) is -1.40. The highest BCUT2D eigenvalue weighted by Crippen LogP contribution is 2.20. The minimum absolute atomic E-state index is 0.00333. The van der Waals surface area contributed by atoms with E-state index in [4.69, 9.17) is 15.4 Å². The molecule has 1 unspecified atom stereocenters. The molecule has 2 rings (SSSR count). The molecule has 1 aromatic carbocycles. The molecule has 22 heavy (non-hydrogen) atoms. The number of urea groups is 1. The first-order valence-electron chi connectivity index (χ1n) is 6.48. The zero-order valence-electron chi connectivity index (χ0n) is 11.5. The number of carbonyl (C=O) groups excluding carboxylic acids is 2. The minimum Gasteiger partial charge on any atom is -0.377 e. The molecule has 0 radical (unpaired) electrons. The van der Waals surface area contributed by atoms with Gasteiger partial charge in [-0.15, -0.1) is 0 Å². The van der Waals surface area contributed by atoms with Crippen LogP contribution in [0.1, 0.15) is 12.0 Å². The maximum absolute atomic E-state index is 11.9. The summed E-state index contributed by atoms with van der Waals surface area (Å²) in [7, 11) is 1.25. The van der Waals surface area contributed by atoms with Crippen LogP contribution in [0.25, 0.3) is 0 Å². The Morgan fingerprint density at radius 1 is 1.18 bits per heavy atom. The predicted octanol–water partition coefficient (Wildman–Crippen LogP) is 0.740. The van der Waals surface area contributed by atoms with Gasteiger partial charge in [-0.1, -0.05) is 30.3 Å². The van der Waals surface area contributed by atoms with E-state index in [0.717, 1.165) is 5.56 Å². The van der Waals surface area contributed by atoms with E-state index < -0.39 is 32.3 Å². The van der Waals surface area contributed by atoms with Crippen LogP contribution in [0.5, 0.6) is 0 Å². The van der Waals surface area contributed by atoms with E-state index in [1.165, 1.54) is 0 Å². The molecule has 1 saturated heterocycles. The zero-order valence-corrected chi connectivity index (χ0v) is 13.1. The molecule has 0 saturated carbocycles. The second-order valence-corrected chi connectivity index (χ2v) is 7.74. The van der Waals surface area contributed by atoms with Gasteiger partial charge in [0.05, 0.1) is 12.4 Å². The molecule has 1 aromatic rings. The highest BCUT2D eigenvalue weighted by molar-refractivity contribution is 8.13. The second kappa shape index (κ2) is 6.64. The minimum atomic E-state index is -3.97. The molecule has 0 bridgehead atoms. The van der Waals surface area contributed by atoms with Crippen molar-refractivity contribution in [1.82, 2.24) is 10.6 Å². The number of nitrogens with one attached hydrogen (secondary N) is 2. The van der Waals surface area contributed by atoms with Crippen molar-refractivity contribution in [3.8, 4) is 0 Å². The number of amides is 3. The van der Waals surface area contributed by atoms with E-state index in [2.05, 4.69) is 5.32 Å². The topological polar surface area (TPSA) is 102 Å². The van der Waals surface area contributed by atoms with E-state index in [1.54, 1.807) is 0 Å². The van der Waals surface area contributed by atoms with Gasteiger partial charge in [-0.2, -0.15) is 0 Å². The summed E-state index contributed by atoms with van der Waals surface area (Å²) in [5.41, 5.74) is -0.643. The van der Waals surface area contributed by atoms with Crippen molar-refractivity contribution < 1.29 is 22.7 Å². The molecule has 120 valence electrons. The Bertz CT molecular complexity index is 664. The molecule has 1 aliphatic rings. The Balaban J connectivity index is 1.96. The van der Waals surface area contributed by atoms with Crippen molar-refractivity contribution in [2.24, 2.45) is 0 Å². The average molecular weight is 347 g/mol. The summed E-state index contributed by atoms with van der Waals surface area (Å²) < 4.78 is 28.0. The van der Waals surface area contributed by atoms with Crippen molar-refractivity contribution >= 4 is 31.7 Å². The highest BCUT2D eigenvalue weighted by Gasteiger charge is 2.48. The molecule has 2 N–H and O–H groups in total. The molecule has 0 spiro atoms. The van der Waals surface area contributed by atoms with Crippen LogP contribution in [0.4, 0.5) is 4.79 Å². The summed E-state index contributed by atoms with van der Waals surface area (Å²) in [4.78, 5) is 23.2. The third-order valence-corrected chi connectivity index (χ3v) is 4.38. The first-order chi connectivity index (χ1) is 10.3. The number of imide groups is 1. The SMILES string of the molecule is O=C1NC(=O)C(CCOCc2ccccc2)(CS(=O)(=O)Cl)N1. The van der Waals surface area contributed by atoms with Gasteiger partial charge in [-0.05, 0) is 5.56 Å². The van der Waals surface area contributed by atoms with Crippen LogP contribution >= 0.6 is 10.7 Å². The molecular weight excluding hydrogens is 332 g/mol. The van der Waals surface area contributed by atoms with Crippen LogP contribution in [0.3, 0.4) is 0 Å². The van der Waals surface area contributed by atoms with E-state index in [-0.39, 0.29) is 13.0 Å². The average Bonchev–Trinajstić information content (AvgIpc) is 2.68. The molecule has 7 nitrogen and oxygen atoms in total. The van der Waals surface area contributed by atoms with Gasteiger partial charge in [-0.25, -0.2) is 13.2 Å². The predicted molar refractivity (Wildman–Crippen MR) is 79.8 cm³/mol. The molecule has 1 atom stereocenters. The summed E-state index contributed by atoms with van der Waals surface area (Å²) in [6.07, 6.45) is 0.00333. The first kappa shape index (κ1) is 16.7. The molecule has 9 heteroatoms. The number of rotatable bonds is 7. The second-order valence-electron chi connectivity index (χ2n) is 4.96. The van der Waals surface area contributed by atoms with Crippen LogP contribution in [0.2, 0.25) is 0 Å². The lowest BCUT2D eigenvalue weighted by atomic mass is 9.99. The maximum atomic E-state index is 11.9. The Morgan fingerprint density at radius 3 is 2.41 bits per heavy atom. The summed E-state index contributed by atoms with van der Waals surface area (Å²) in [6.45, 7) is 0.412. The summed E-state index contributed by atoms with van der Waals surface area (Å²) in [6, 6.07) is 8.62. The lowest BCUT2D eigenvalue weighted by Crippen LogP contribution is -2.52. The smallest absolute Gasteiger partial charge is 0.322 e. The normalized spacial score (nSPS) is 21.5. The molecule has 1 fully saturated rings. The number of hydrogen-bond acceptors (Lipinski definition) is 5. The Kier molecular flexibility index (Phi) is 5.05. The van der Waals surface area contributed by atoms with Gasteiger partial charge in [-0.3, -0.25) is 10.1 Å². The maximum Gasteiger partial charge on any atom is 0.322 e. The number of ether oxygens (including phenoxy) is 1. The van der Waals surface area contributed by atoms with Crippen molar-refractivity contribution in [1.29, 1.82) is 0 Å². The Labute approximate surface area is 132 Å². The Morgan fingerprint density at radius 2 is 1.86 bits per heavy atom. The third-order valence-electron chi connectivity index (χ3n) is 3.22. The molecule has 1 aliphatic heterocycles. The monoisotopic (exact) mass is 346 g/mol. The van der Waals surface area contributed by atoms with Gasteiger partial charge in [0, 0.05) is 23.7 Å². The molecule has 0 aliphatic carbocycles. The van der Waals surface area contributed by atoms with Gasteiger partial charge >= 0.3 is 6.03 Å². The van der Waals surface area contributed by atoms with Gasteiger partial charge in [0.2, 0.25) is 9.05 Å². The van der Waals surface area contributed by atoms with Crippen molar-refractivity contribution in [3.63, 3.8) is 0 Å². The van der Waals surface area contributed by atoms with Crippen molar-refractivity contribution in [2.75, 3.05) is 12.4 Å². The van der Waals surface area contributed by atoms with Crippen LogP contribution in [-0.2, 0) is 25.2 Å². The van der Waals surface area contributed by atoms with Gasteiger partial charge in [0.1, 0.15) is 5.54 Å². The number of carbonyl (C=O) groups is 2. The quantitative estimate of drug-likeness (QED) is 0.431. The Hall–Kier alpha value is -1.64. The molecule has 1 heterocycles. The van der Waals surface area contributed by atoms with E-state index >= 15 is 0 Å². The highest BCUT2D eigenvalue weighted by atomic mass is 35.7. The van der Waals surface area contributed by atoms with Crippen LogP contribution < -0.4 is 10.6 Å². The fourth-order valence-electron chi connectivity index (χ4n) is 2.18. The lowest BCUT2D eigenvalue weighted by molar-refractivity contribution is -0.124. The van der Waals surface area contributed by atoms with Crippen LogP contribution in [-0.4, -0.2) is 38.3 Å². The largest absolute Gasteiger partial charge is 0.377 e. The van der Waals surface area contributed by atoms with Gasteiger partial charge in [0.15, 0.2) is 0 Å². The van der Waals surface area contributed by atoms with E-state index in [0.29, 0.717) is 6.61 Å². The summed E-state index contributed by atoms with van der Waals surface area (Å²) in [5, 5.41) is 4.35. The standard InChI is InChI=1S/C13H15ClN2O5S/c14-22(19,20)9-13(11(17)15-12(18)16-13)6-7-21-8-10-4-2-1-3-5-10/h1-5H,6-9H2,(H2,15,16,17,18). The van der Waals surface area contributed by atoms with Crippen molar-refractivity contribution in [3.05, 3.63) is 35.9 Å². The van der Waals surface area contributed by atoms with E-state index in [9.17, 15) is 18.0 Å². The first-order valence-corrected chi connectivity index (χ1v) is 8.96. The molecule has 0 aromatic heterocycles. The third kappa shape index (κ3) is 4.43. The number of benzene rings is 1. The molecule has 3 amide bonds. The lowest BCUT2D eigenvalue weighted by Gasteiger charge is -2.24. The fourth-order valence-corrected chi connectivity index (χ4v) is 3.68. The number of halogens is 1. The van der Waals surface area contributed by atoms with Crippen LogP contribution in [0, 0.1) is 0 Å². The van der Waals surface area contributed by atoms with Crippen molar-refractivity contribution in [2.45, 2.75) is 18.6 Å². The fraction of sp³-hybridized carbons (Fsp3) is 0.385. The van der Waals surface area contributed by atoms with Crippen LogP contribution in [0.15, 0.2) is 30.3 Å². The van der Waals surface area contributed by atoms with Gasteiger partial charge < -0.3 is 10.1 Å². The summed E-state index contributed by atoms with van der Waals surface area (Å²) >= 11 is 0. The van der Waals surface area contributed by atoms with E-state index in [1.807, 2.05) is 35.6 Å². The van der Waals surface area contributed by atoms with Gasteiger partial charge in [0.25, 0.3) is 5.91 Å². The number of hydrogen-bond donors (Lipinski definition) is 2. The molecular formula is C13H15ClN2O5S.